The Morgan fingerprint density at radius 3 is 2.81 bits per heavy atom. The molecule has 3 rings (SSSR count). The fourth-order valence-electron chi connectivity index (χ4n) is 4.50. The van der Waals surface area contributed by atoms with Gasteiger partial charge in [-0.15, -0.1) is 0 Å². The molecular formula is C20H29N3O3. The van der Waals surface area contributed by atoms with E-state index in [1.54, 1.807) is 6.92 Å². The Balaban J connectivity index is 1.73. The molecular weight excluding hydrogens is 330 g/mol. The summed E-state index contributed by atoms with van der Waals surface area (Å²) in [4.78, 5) is 27.0. The van der Waals surface area contributed by atoms with E-state index in [-0.39, 0.29) is 17.9 Å². The van der Waals surface area contributed by atoms with Gasteiger partial charge in [0.1, 0.15) is 6.04 Å². The number of likely N-dealkylation sites (tertiary alicyclic amines) is 1. The quantitative estimate of drug-likeness (QED) is 0.813. The lowest BCUT2D eigenvalue weighted by molar-refractivity contribution is -0.132. The third kappa shape index (κ3) is 3.85. The molecule has 2 amide bonds. The largest absolute Gasteiger partial charge is 0.450 e. The number of nitrogens with two attached hydrogens (primary N) is 1. The summed E-state index contributed by atoms with van der Waals surface area (Å²) in [6.45, 7) is 4.09. The standard InChI is InChI=1S/C20H29N3O3/c1-2-26-19(25)22-17(11-15-7-4-3-5-8-15)18(24)23-12-16-9-6-10-20(16,13-21)14-23/h3-5,7-8,16-17H,2,6,9-14,21H2,1H3,(H,22,25)/t16-,17+,20-/m0/s1. The molecule has 0 bridgehead atoms. The number of alkyl carbamates (subject to hydrolysis) is 1. The molecule has 1 aliphatic heterocycles. The third-order valence-corrected chi connectivity index (χ3v) is 5.91. The molecule has 2 fully saturated rings. The maximum Gasteiger partial charge on any atom is 0.407 e. The van der Waals surface area contributed by atoms with Gasteiger partial charge in [0, 0.05) is 24.9 Å². The highest BCUT2D eigenvalue weighted by Gasteiger charge is 2.50. The van der Waals surface area contributed by atoms with E-state index >= 15 is 0 Å². The number of nitrogens with zero attached hydrogens (tertiary/aromatic N) is 1. The van der Waals surface area contributed by atoms with Crippen LogP contribution in [-0.4, -0.2) is 49.2 Å². The van der Waals surface area contributed by atoms with Crippen LogP contribution in [0.3, 0.4) is 0 Å². The normalized spacial score (nSPS) is 25.6. The van der Waals surface area contributed by atoms with Crippen molar-refractivity contribution in [3.8, 4) is 0 Å². The van der Waals surface area contributed by atoms with Crippen molar-refractivity contribution < 1.29 is 14.3 Å². The second kappa shape index (κ2) is 8.08. The van der Waals surface area contributed by atoms with Gasteiger partial charge in [0.2, 0.25) is 5.91 Å². The van der Waals surface area contributed by atoms with Crippen LogP contribution in [0.1, 0.15) is 31.7 Å². The molecule has 1 aliphatic carbocycles. The molecule has 1 heterocycles. The van der Waals surface area contributed by atoms with Crippen LogP contribution in [0.5, 0.6) is 0 Å². The first-order chi connectivity index (χ1) is 12.6. The first kappa shape index (κ1) is 18.7. The van der Waals surface area contributed by atoms with Gasteiger partial charge in [0.15, 0.2) is 0 Å². The van der Waals surface area contributed by atoms with Crippen molar-refractivity contribution in [3.63, 3.8) is 0 Å². The topological polar surface area (TPSA) is 84.7 Å². The minimum Gasteiger partial charge on any atom is -0.450 e. The van der Waals surface area contributed by atoms with Gasteiger partial charge in [-0.1, -0.05) is 36.8 Å². The number of hydrogen-bond donors (Lipinski definition) is 2. The zero-order chi connectivity index (χ0) is 18.6. The molecule has 142 valence electrons. The average Bonchev–Trinajstić information content (AvgIpc) is 3.19. The predicted octanol–water partition coefficient (Wildman–Crippen LogP) is 1.93. The fraction of sp³-hybridized carbons (Fsp3) is 0.600. The summed E-state index contributed by atoms with van der Waals surface area (Å²) >= 11 is 0. The molecule has 0 unspecified atom stereocenters. The summed E-state index contributed by atoms with van der Waals surface area (Å²) in [5, 5.41) is 2.76. The minimum absolute atomic E-state index is 0.0378. The van der Waals surface area contributed by atoms with Gasteiger partial charge in [0.25, 0.3) is 0 Å². The molecule has 1 aromatic carbocycles. The van der Waals surface area contributed by atoms with Crippen molar-refractivity contribution in [2.75, 3.05) is 26.2 Å². The molecule has 0 aromatic heterocycles. The molecule has 1 saturated carbocycles. The Morgan fingerprint density at radius 1 is 1.38 bits per heavy atom. The maximum absolute atomic E-state index is 13.2. The highest BCUT2D eigenvalue weighted by atomic mass is 16.5. The van der Waals surface area contributed by atoms with Crippen molar-refractivity contribution in [1.82, 2.24) is 10.2 Å². The van der Waals surface area contributed by atoms with Crippen LogP contribution in [0.25, 0.3) is 0 Å². The van der Waals surface area contributed by atoms with Crippen molar-refractivity contribution >= 4 is 12.0 Å². The molecule has 2 aliphatic rings. The number of benzene rings is 1. The van der Waals surface area contributed by atoms with Gasteiger partial charge in [-0.2, -0.15) is 0 Å². The van der Waals surface area contributed by atoms with Crippen LogP contribution < -0.4 is 11.1 Å². The summed E-state index contributed by atoms with van der Waals surface area (Å²) in [6, 6.07) is 9.12. The monoisotopic (exact) mass is 359 g/mol. The average molecular weight is 359 g/mol. The summed E-state index contributed by atoms with van der Waals surface area (Å²) in [5.41, 5.74) is 7.14. The second-order valence-corrected chi connectivity index (χ2v) is 7.48. The van der Waals surface area contributed by atoms with Gasteiger partial charge < -0.3 is 20.7 Å². The minimum atomic E-state index is -0.620. The second-order valence-electron chi connectivity index (χ2n) is 7.48. The number of ether oxygens (including phenoxy) is 1. The number of carbonyl (C=O) groups is 2. The molecule has 0 radical (unpaired) electrons. The van der Waals surface area contributed by atoms with E-state index < -0.39 is 12.1 Å². The Bertz CT molecular complexity index is 636. The van der Waals surface area contributed by atoms with E-state index in [0.717, 1.165) is 24.9 Å². The van der Waals surface area contributed by atoms with Crippen LogP contribution in [0, 0.1) is 11.3 Å². The lowest BCUT2D eigenvalue weighted by Crippen LogP contribution is -2.50. The van der Waals surface area contributed by atoms with E-state index in [4.69, 9.17) is 10.5 Å². The summed E-state index contributed by atoms with van der Waals surface area (Å²) < 4.78 is 5.00. The number of fused-ring (bicyclic) bond motifs is 1. The Morgan fingerprint density at radius 2 is 2.15 bits per heavy atom. The van der Waals surface area contributed by atoms with Crippen LogP contribution >= 0.6 is 0 Å². The Kier molecular flexibility index (Phi) is 5.81. The van der Waals surface area contributed by atoms with Gasteiger partial charge in [-0.3, -0.25) is 4.79 Å². The molecule has 6 heteroatoms. The van der Waals surface area contributed by atoms with Crippen molar-refractivity contribution in [3.05, 3.63) is 35.9 Å². The van der Waals surface area contributed by atoms with E-state index in [0.29, 0.717) is 25.4 Å². The molecule has 0 spiro atoms. The maximum atomic E-state index is 13.2. The van der Waals surface area contributed by atoms with E-state index in [1.807, 2.05) is 35.2 Å². The number of carbonyl (C=O) groups excluding carboxylic acids is 2. The fourth-order valence-corrected chi connectivity index (χ4v) is 4.50. The van der Waals surface area contributed by atoms with Crippen LogP contribution in [0.2, 0.25) is 0 Å². The number of rotatable bonds is 6. The molecule has 26 heavy (non-hydrogen) atoms. The summed E-state index contributed by atoms with van der Waals surface area (Å²) in [6.07, 6.45) is 3.32. The van der Waals surface area contributed by atoms with E-state index in [1.165, 1.54) is 6.42 Å². The number of nitrogens with one attached hydrogen (secondary N) is 1. The van der Waals surface area contributed by atoms with E-state index in [9.17, 15) is 9.59 Å². The molecule has 1 aromatic rings. The van der Waals surface area contributed by atoms with Crippen molar-refractivity contribution in [2.45, 2.75) is 38.6 Å². The number of amides is 2. The number of hydrogen-bond acceptors (Lipinski definition) is 4. The molecule has 6 nitrogen and oxygen atoms in total. The first-order valence-corrected chi connectivity index (χ1v) is 9.54. The summed E-state index contributed by atoms with van der Waals surface area (Å²) in [5.74, 6) is 0.445. The zero-order valence-corrected chi connectivity index (χ0v) is 15.4. The SMILES string of the molecule is CCOC(=O)N[C@H](Cc1ccccc1)C(=O)N1C[C@@H]2CCC[C@]2(CN)C1. The summed E-state index contributed by atoms with van der Waals surface area (Å²) in [7, 11) is 0. The first-order valence-electron chi connectivity index (χ1n) is 9.54. The van der Waals surface area contributed by atoms with Crippen LogP contribution in [-0.2, 0) is 16.0 Å². The predicted molar refractivity (Wildman–Crippen MR) is 99.5 cm³/mol. The van der Waals surface area contributed by atoms with E-state index in [2.05, 4.69) is 5.32 Å². The Hall–Kier alpha value is -2.08. The Labute approximate surface area is 155 Å². The zero-order valence-electron chi connectivity index (χ0n) is 15.4. The highest BCUT2D eigenvalue weighted by Crippen LogP contribution is 2.48. The van der Waals surface area contributed by atoms with Crippen LogP contribution in [0.4, 0.5) is 4.79 Å². The molecule has 3 N–H and O–H groups in total. The van der Waals surface area contributed by atoms with Gasteiger partial charge in [-0.25, -0.2) is 4.79 Å². The van der Waals surface area contributed by atoms with Gasteiger partial charge in [0.05, 0.1) is 6.61 Å². The van der Waals surface area contributed by atoms with Crippen LogP contribution in [0.15, 0.2) is 30.3 Å². The lowest BCUT2D eigenvalue weighted by Gasteiger charge is -2.28. The molecule has 1 saturated heterocycles. The third-order valence-electron chi connectivity index (χ3n) is 5.91. The smallest absolute Gasteiger partial charge is 0.407 e. The van der Waals surface area contributed by atoms with Gasteiger partial charge >= 0.3 is 6.09 Å². The molecule has 3 atom stereocenters. The highest BCUT2D eigenvalue weighted by molar-refractivity contribution is 5.86. The van der Waals surface area contributed by atoms with Gasteiger partial charge in [-0.05, 0) is 37.8 Å². The lowest BCUT2D eigenvalue weighted by atomic mass is 9.81. The van der Waals surface area contributed by atoms with Crippen molar-refractivity contribution in [2.24, 2.45) is 17.1 Å². The van der Waals surface area contributed by atoms with Crippen molar-refractivity contribution in [1.29, 1.82) is 0 Å².